The van der Waals surface area contributed by atoms with E-state index in [4.69, 9.17) is 18.9 Å². The maximum absolute atomic E-state index is 13.4. The van der Waals surface area contributed by atoms with Crippen LogP contribution in [0, 0.1) is 0 Å². The first-order valence-corrected chi connectivity index (χ1v) is 45.8. The van der Waals surface area contributed by atoms with Crippen molar-refractivity contribution < 1.29 is 64.6 Å². The fraction of sp³-hybridized carbons (Fsp3) is 0.989. The van der Waals surface area contributed by atoms with Crippen molar-refractivity contribution in [1.29, 1.82) is 0 Å². The number of unbranched alkanes of at least 4 members (excludes halogenated alkanes) is 67. The zero-order valence-electron chi connectivity index (χ0n) is 67.9. The van der Waals surface area contributed by atoms with Gasteiger partial charge in [0.1, 0.15) is 48.8 Å². The van der Waals surface area contributed by atoms with E-state index < -0.39 is 86.8 Å². The third-order valence-electron chi connectivity index (χ3n) is 23.1. The zero-order valence-corrected chi connectivity index (χ0v) is 67.9. The molecule has 2 aliphatic heterocycles. The summed E-state index contributed by atoms with van der Waals surface area (Å²) in [6.07, 6.45) is 77.7. The van der Waals surface area contributed by atoms with E-state index in [1.165, 1.54) is 392 Å². The van der Waals surface area contributed by atoms with Gasteiger partial charge >= 0.3 is 0 Å². The van der Waals surface area contributed by atoms with Crippen LogP contribution in [-0.4, -0.2) is 140 Å². The van der Waals surface area contributed by atoms with Gasteiger partial charge in [0.25, 0.3) is 0 Å². The summed E-state index contributed by atoms with van der Waals surface area (Å²) >= 11 is 0. The van der Waals surface area contributed by atoms with Crippen molar-refractivity contribution >= 4 is 5.91 Å². The number of aliphatic hydroxyl groups is 8. The lowest BCUT2D eigenvalue weighted by molar-refractivity contribution is -0.359. The molecule has 0 spiro atoms. The molecule has 614 valence electrons. The molecule has 103 heavy (non-hydrogen) atoms. The maximum atomic E-state index is 13.4. The minimum absolute atomic E-state index is 0.193. The fourth-order valence-corrected chi connectivity index (χ4v) is 15.9. The monoisotopic (exact) mass is 1470 g/mol. The SMILES string of the molecule is CCCCCCCCCCCCCCCCCCCCCCCCCCCCCCCCCCCCCCCCCC(=O)NC(COC1OC(CO)C(OC2OC(CO)C(O)C(O)C2O)C(O)C1O)C(O)CCCCCCCCCCCCCCCCCCCCCCCCCCCCCCCC. The van der Waals surface area contributed by atoms with E-state index in [2.05, 4.69) is 19.2 Å². The molecule has 12 unspecified atom stereocenters. The van der Waals surface area contributed by atoms with Crippen LogP contribution in [0.15, 0.2) is 0 Å². The number of ether oxygens (including phenoxy) is 4. The van der Waals surface area contributed by atoms with E-state index in [1.807, 2.05) is 0 Å². The highest BCUT2D eigenvalue weighted by Gasteiger charge is 2.51. The van der Waals surface area contributed by atoms with E-state index in [9.17, 15) is 45.6 Å². The zero-order chi connectivity index (χ0) is 74.4. The molecule has 1 amide bonds. The summed E-state index contributed by atoms with van der Waals surface area (Å²) in [5.41, 5.74) is 0. The third kappa shape index (κ3) is 56.0. The van der Waals surface area contributed by atoms with E-state index >= 15 is 0 Å². The molecule has 14 nitrogen and oxygen atoms in total. The molecule has 0 aromatic heterocycles. The lowest BCUT2D eigenvalue weighted by atomic mass is 9.97. The topological polar surface area (TPSA) is 228 Å². The Morgan fingerprint density at radius 2 is 0.553 bits per heavy atom. The van der Waals surface area contributed by atoms with Crippen molar-refractivity contribution in [3.8, 4) is 0 Å². The molecule has 9 N–H and O–H groups in total. The normalized spacial score (nSPS) is 21.4. The molecule has 12 atom stereocenters. The van der Waals surface area contributed by atoms with Crippen LogP contribution < -0.4 is 5.32 Å². The van der Waals surface area contributed by atoms with Crippen LogP contribution in [0.3, 0.4) is 0 Å². The highest BCUT2D eigenvalue weighted by atomic mass is 16.7. The van der Waals surface area contributed by atoms with Gasteiger partial charge in [-0.1, -0.05) is 450 Å². The third-order valence-corrected chi connectivity index (χ3v) is 23.1. The predicted molar refractivity (Wildman–Crippen MR) is 429 cm³/mol. The molecular formula is C89H175NO13. The molecule has 0 aromatic rings. The number of hydrogen-bond acceptors (Lipinski definition) is 13. The predicted octanol–water partition coefficient (Wildman–Crippen LogP) is 22.2. The Morgan fingerprint density at radius 1 is 0.311 bits per heavy atom. The summed E-state index contributed by atoms with van der Waals surface area (Å²) in [6, 6.07) is -0.826. The summed E-state index contributed by atoms with van der Waals surface area (Å²) < 4.78 is 23.0. The number of rotatable bonds is 80. The van der Waals surface area contributed by atoms with Crippen molar-refractivity contribution in [3.63, 3.8) is 0 Å². The van der Waals surface area contributed by atoms with Crippen LogP contribution in [0.25, 0.3) is 0 Å². The van der Waals surface area contributed by atoms with Crippen LogP contribution in [0.5, 0.6) is 0 Å². The second kappa shape index (κ2) is 73.8. The minimum Gasteiger partial charge on any atom is -0.394 e. The highest BCUT2D eigenvalue weighted by molar-refractivity contribution is 5.76. The van der Waals surface area contributed by atoms with Gasteiger partial charge < -0.3 is 65.1 Å². The van der Waals surface area contributed by atoms with Crippen molar-refractivity contribution in [2.45, 2.75) is 543 Å². The molecule has 0 aromatic carbocycles. The fourth-order valence-electron chi connectivity index (χ4n) is 15.9. The molecule has 2 rings (SSSR count). The number of hydrogen-bond donors (Lipinski definition) is 9. The molecule has 14 heteroatoms. The summed E-state index contributed by atoms with van der Waals surface area (Å²) in [4.78, 5) is 13.4. The molecule has 2 aliphatic rings. The maximum Gasteiger partial charge on any atom is 0.220 e. The highest BCUT2D eigenvalue weighted by Crippen LogP contribution is 2.31. The first kappa shape index (κ1) is 98.1. The Morgan fingerprint density at radius 3 is 0.825 bits per heavy atom. The number of carbonyl (C=O) groups excluding carboxylic acids is 1. The average Bonchev–Trinajstić information content (AvgIpc) is 0.791. The second-order valence-corrected chi connectivity index (χ2v) is 32.8. The van der Waals surface area contributed by atoms with Gasteiger partial charge in [-0.05, 0) is 12.8 Å². The number of carbonyl (C=O) groups is 1. The van der Waals surface area contributed by atoms with Crippen molar-refractivity contribution in [2.75, 3.05) is 19.8 Å². The molecule has 0 saturated carbocycles. The van der Waals surface area contributed by atoms with Gasteiger partial charge in [-0.15, -0.1) is 0 Å². The first-order valence-electron chi connectivity index (χ1n) is 45.8. The Hall–Kier alpha value is -1.01. The molecule has 0 bridgehead atoms. The van der Waals surface area contributed by atoms with Crippen LogP contribution >= 0.6 is 0 Å². The molecule has 0 radical (unpaired) electrons. The van der Waals surface area contributed by atoms with Crippen molar-refractivity contribution in [1.82, 2.24) is 5.32 Å². The van der Waals surface area contributed by atoms with Crippen LogP contribution in [-0.2, 0) is 23.7 Å². The Bertz CT molecular complexity index is 1730. The molecule has 2 heterocycles. The molecular weight excluding hydrogens is 1290 g/mol. The largest absolute Gasteiger partial charge is 0.394 e. The summed E-state index contributed by atoms with van der Waals surface area (Å²) in [6.45, 7) is 2.96. The molecule has 2 fully saturated rings. The molecule has 0 aliphatic carbocycles. The van der Waals surface area contributed by atoms with E-state index in [1.54, 1.807) is 0 Å². The van der Waals surface area contributed by atoms with E-state index in [-0.39, 0.29) is 12.5 Å². The van der Waals surface area contributed by atoms with Crippen LogP contribution in [0.4, 0.5) is 0 Å². The van der Waals surface area contributed by atoms with Gasteiger partial charge in [0, 0.05) is 6.42 Å². The summed E-state index contributed by atoms with van der Waals surface area (Å²) in [5, 5.41) is 88.1. The number of aliphatic hydroxyl groups excluding tert-OH is 8. The Kier molecular flexibility index (Phi) is 70.2. The molecule has 2 saturated heterocycles. The Labute approximate surface area is 635 Å². The van der Waals surface area contributed by atoms with Crippen LogP contribution in [0.2, 0.25) is 0 Å². The van der Waals surface area contributed by atoms with Gasteiger partial charge in [0.2, 0.25) is 5.91 Å². The average molecular weight is 1470 g/mol. The lowest BCUT2D eigenvalue weighted by Gasteiger charge is -2.46. The quantitative estimate of drug-likeness (QED) is 0.0259. The minimum atomic E-state index is -1.78. The first-order chi connectivity index (χ1) is 50.6. The van der Waals surface area contributed by atoms with E-state index in [0.717, 1.165) is 51.4 Å². The van der Waals surface area contributed by atoms with Gasteiger partial charge in [-0.3, -0.25) is 4.79 Å². The van der Waals surface area contributed by atoms with Crippen LogP contribution in [0.1, 0.15) is 470 Å². The second-order valence-electron chi connectivity index (χ2n) is 32.8. The standard InChI is InChI=1S/C89H175NO13/c1-3-5-7-9-11-13-15-17-19-21-23-25-27-29-31-33-35-36-37-38-39-40-41-42-43-45-47-49-51-53-55-57-59-61-63-65-67-69-71-73-81(94)90-77(76-100-88-86(99)84(97)87(80(75-92)102-88)103-89-85(98)83(96)82(95)79(74-91)101-89)78(93)72-70-68-66-64-62-60-58-56-54-52-50-48-46-44-34-32-30-28-26-24-22-20-18-16-14-12-10-8-6-4-2/h77-80,82-89,91-93,95-99H,3-76H2,1-2H3,(H,90,94). The summed E-state index contributed by atoms with van der Waals surface area (Å²) in [5.74, 6) is -0.193. The van der Waals surface area contributed by atoms with Gasteiger partial charge in [0.15, 0.2) is 12.6 Å². The van der Waals surface area contributed by atoms with Gasteiger partial charge in [0.05, 0.1) is 32.0 Å². The van der Waals surface area contributed by atoms with Crippen molar-refractivity contribution in [3.05, 3.63) is 0 Å². The lowest BCUT2D eigenvalue weighted by Crippen LogP contribution is -2.65. The number of amides is 1. The van der Waals surface area contributed by atoms with E-state index in [0.29, 0.717) is 12.8 Å². The smallest absolute Gasteiger partial charge is 0.220 e. The van der Waals surface area contributed by atoms with Gasteiger partial charge in [-0.25, -0.2) is 0 Å². The van der Waals surface area contributed by atoms with Crippen molar-refractivity contribution in [2.24, 2.45) is 0 Å². The van der Waals surface area contributed by atoms with Gasteiger partial charge in [-0.2, -0.15) is 0 Å². The summed E-state index contributed by atoms with van der Waals surface area (Å²) in [7, 11) is 0. The number of nitrogens with one attached hydrogen (secondary N) is 1. The Balaban J connectivity index is 1.53.